The number of fused-ring (bicyclic) bond motifs is 6. The van der Waals surface area contributed by atoms with Crippen molar-refractivity contribution in [2.24, 2.45) is 5.92 Å². The van der Waals surface area contributed by atoms with Gasteiger partial charge in [0.25, 0.3) is 0 Å². The van der Waals surface area contributed by atoms with Crippen LogP contribution in [-0.2, 0) is 17.8 Å². The van der Waals surface area contributed by atoms with Gasteiger partial charge in [-0.1, -0.05) is 61.4 Å². The summed E-state index contributed by atoms with van der Waals surface area (Å²) in [6, 6.07) is 18.6. The van der Waals surface area contributed by atoms with E-state index in [2.05, 4.69) is 60.1 Å². The van der Waals surface area contributed by atoms with Crippen LogP contribution in [0.2, 0.25) is 0 Å². The average molecular weight is 502 g/mol. The van der Waals surface area contributed by atoms with Gasteiger partial charge in [-0.15, -0.1) is 10.2 Å². The topological polar surface area (TPSA) is 96.3 Å². The molecule has 0 bridgehead atoms. The number of benzene rings is 2. The second-order valence-electron chi connectivity index (χ2n) is 10.2. The normalized spacial score (nSPS) is 24.2. The molecule has 0 radical (unpaired) electrons. The Morgan fingerprint density at radius 1 is 1.08 bits per heavy atom. The summed E-state index contributed by atoms with van der Waals surface area (Å²) in [6.07, 6.45) is 6.96. The number of ether oxygens (including phenoxy) is 1. The predicted octanol–water partition coefficient (Wildman–Crippen LogP) is 3.61. The van der Waals surface area contributed by atoms with Gasteiger partial charge < -0.3 is 10.1 Å². The minimum atomic E-state index is 0.0380. The zero-order chi connectivity index (χ0) is 25.2. The second-order valence-corrected chi connectivity index (χ2v) is 10.2. The molecule has 4 atom stereocenters. The highest BCUT2D eigenvalue weighted by atomic mass is 16.5. The van der Waals surface area contributed by atoms with Crippen molar-refractivity contribution in [3.63, 3.8) is 0 Å². The minimum Gasteiger partial charge on any atom is -0.496 e. The third-order valence-corrected chi connectivity index (χ3v) is 7.97. The summed E-state index contributed by atoms with van der Waals surface area (Å²) in [5, 5.41) is 18.3. The van der Waals surface area contributed by atoms with Gasteiger partial charge in [0.15, 0.2) is 0 Å². The number of amides is 1. The van der Waals surface area contributed by atoms with Crippen molar-refractivity contribution in [2.45, 2.75) is 69.9 Å². The molecule has 2 aromatic carbocycles. The van der Waals surface area contributed by atoms with Crippen LogP contribution in [0.1, 0.15) is 67.7 Å². The van der Waals surface area contributed by atoms with Gasteiger partial charge in [-0.05, 0) is 30.9 Å². The maximum absolute atomic E-state index is 12.6. The highest BCUT2D eigenvalue weighted by Crippen LogP contribution is 2.45. The van der Waals surface area contributed by atoms with Crippen molar-refractivity contribution in [3.8, 4) is 5.75 Å². The maximum Gasteiger partial charge on any atom is 0.243 e. The fraction of sp³-hybridized carbons (Fsp3) is 0.464. The monoisotopic (exact) mass is 501 g/mol. The molecule has 0 spiro atoms. The van der Waals surface area contributed by atoms with Crippen LogP contribution < -0.4 is 25.8 Å². The van der Waals surface area contributed by atoms with E-state index in [0.717, 1.165) is 42.3 Å². The molecule has 1 saturated carbocycles. The van der Waals surface area contributed by atoms with Crippen LogP contribution in [0.25, 0.3) is 0 Å². The second kappa shape index (κ2) is 10.5. The van der Waals surface area contributed by atoms with Crippen LogP contribution in [0.5, 0.6) is 5.75 Å². The Bertz CT molecular complexity index is 1230. The number of para-hydroxylation sites is 1. The van der Waals surface area contributed by atoms with E-state index in [4.69, 9.17) is 4.74 Å². The third-order valence-electron chi connectivity index (χ3n) is 7.97. The number of methoxy groups -OCH3 is 1. The van der Waals surface area contributed by atoms with Gasteiger partial charge in [0.2, 0.25) is 11.9 Å². The number of nitrogens with zero attached hydrogens (tertiary/aromatic N) is 4. The first-order chi connectivity index (χ1) is 18.2. The molecule has 37 heavy (non-hydrogen) atoms. The highest BCUT2D eigenvalue weighted by molar-refractivity contribution is 5.75. The lowest BCUT2D eigenvalue weighted by atomic mass is 9.81. The van der Waals surface area contributed by atoms with Gasteiger partial charge in [-0.3, -0.25) is 19.7 Å². The van der Waals surface area contributed by atoms with Crippen LogP contribution in [0, 0.1) is 5.92 Å². The molecule has 3 N–H and O–H groups in total. The first-order valence-corrected chi connectivity index (χ1v) is 13.4. The van der Waals surface area contributed by atoms with E-state index >= 15 is 0 Å². The number of anilines is 1. The number of hydrogen-bond acceptors (Lipinski definition) is 7. The fourth-order valence-electron chi connectivity index (χ4n) is 6.17. The zero-order valence-corrected chi connectivity index (χ0v) is 21.3. The quantitative estimate of drug-likeness (QED) is 0.434. The van der Waals surface area contributed by atoms with Crippen LogP contribution in [0.15, 0.2) is 54.6 Å². The van der Waals surface area contributed by atoms with Gasteiger partial charge >= 0.3 is 0 Å². The number of nitrogens with one attached hydrogen (secondary N) is 3. The van der Waals surface area contributed by atoms with Gasteiger partial charge in [0.05, 0.1) is 7.11 Å². The van der Waals surface area contributed by atoms with Crippen LogP contribution in [-0.4, -0.2) is 33.9 Å². The van der Waals surface area contributed by atoms with E-state index in [1.165, 1.54) is 24.8 Å². The van der Waals surface area contributed by atoms with Gasteiger partial charge in [-0.2, -0.15) is 0 Å². The summed E-state index contributed by atoms with van der Waals surface area (Å²) in [5.74, 6) is 3.18. The smallest absolute Gasteiger partial charge is 0.243 e. The number of aryl methyl sites for hydroxylation is 1. The highest BCUT2D eigenvalue weighted by Gasteiger charge is 2.48. The molecule has 1 saturated heterocycles. The van der Waals surface area contributed by atoms with Crippen molar-refractivity contribution in [2.75, 3.05) is 12.1 Å². The zero-order valence-electron chi connectivity index (χ0n) is 21.3. The molecule has 6 rings (SSSR count). The number of rotatable bonds is 8. The van der Waals surface area contributed by atoms with E-state index in [1.807, 2.05) is 30.3 Å². The molecule has 9 nitrogen and oxygen atoms in total. The Hall–Kier alpha value is -3.43. The average Bonchev–Trinajstić information content (AvgIpc) is 3.58. The lowest BCUT2D eigenvalue weighted by Crippen LogP contribution is -2.53. The van der Waals surface area contributed by atoms with Crippen LogP contribution >= 0.6 is 0 Å². The summed E-state index contributed by atoms with van der Waals surface area (Å²) in [7, 11) is 1.65. The summed E-state index contributed by atoms with van der Waals surface area (Å²) in [4.78, 5) is 12.6. The lowest BCUT2D eigenvalue weighted by Gasteiger charge is -2.44. The summed E-state index contributed by atoms with van der Waals surface area (Å²) >= 11 is 0. The molecule has 2 fully saturated rings. The molecule has 2 aliphatic heterocycles. The molecular formula is C28H35N7O2. The summed E-state index contributed by atoms with van der Waals surface area (Å²) < 4.78 is 7.74. The Labute approximate surface area is 217 Å². The molecule has 9 heteroatoms. The number of hydrogen-bond donors (Lipinski definition) is 3. The van der Waals surface area contributed by atoms with Crippen molar-refractivity contribution in [1.29, 1.82) is 0 Å². The van der Waals surface area contributed by atoms with Crippen molar-refractivity contribution in [3.05, 3.63) is 71.5 Å². The molecule has 194 valence electrons. The molecule has 3 aliphatic rings. The first kappa shape index (κ1) is 23.9. The Morgan fingerprint density at radius 2 is 1.89 bits per heavy atom. The Balaban J connectivity index is 1.12. The van der Waals surface area contributed by atoms with Crippen molar-refractivity contribution >= 4 is 11.9 Å². The molecule has 1 amide bonds. The van der Waals surface area contributed by atoms with Crippen LogP contribution in [0.3, 0.4) is 0 Å². The Kier molecular flexibility index (Phi) is 6.80. The molecule has 1 aliphatic carbocycles. The molecule has 3 heterocycles. The van der Waals surface area contributed by atoms with Gasteiger partial charge in [0, 0.05) is 36.9 Å². The third kappa shape index (κ3) is 4.69. The van der Waals surface area contributed by atoms with Crippen molar-refractivity contribution < 1.29 is 9.53 Å². The van der Waals surface area contributed by atoms with E-state index < -0.39 is 0 Å². The summed E-state index contributed by atoms with van der Waals surface area (Å²) in [5.41, 5.74) is 5.84. The molecular weight excluding hydrogens is 466 g/mol. The first-order valence-electron chi connectivity index (χ1n) is 13.4. The van der Waals surface area contributed by atoms with Crippen LogP contribution in [0.4, 0.5) is 5.95 Å². The standard InChI is InChI=1S/C28H35N7O2/c1-37-23-15-8-5-12-20(23)18-29-25(36)17-9-16-24-31-32-28-34(24)22-14-7-6-13-21(22)27-30-26(33-35(27)28)19-10-3-2-4-11-19/h2-5,8,10-12,15,21-22,26-27,30,33H,6-7,9,13-14,16-18H2,1H3,(H,29,36). The minimum absolute atomic E-state index is 0.0380. The summed E-state index contributed by atoms with van der Waals surface area (Å²) in [6.45, 7) is 0.463. The van der Waals surface area contributed by atoms with Crippen molar-refractivity contribution in [1.82, 2.24) is 30.8 Å². The maximum atomic E-state index is 12.6. The van der Waals surface area contributed by atoms with E-state index in [1.54, 1.807) is 7.11 Å². The van der Waals surface area contributed by atoms with E-state index in [0.29, 0.717) is 24.9 Å². The number of hydrazine groups is 1. The fourth-order valence-corrected chi connectivity index (χ4v) is 6.17. The lowest BCUT2D eigenvalue weighted by molar-refractivity contribution is -0.121. The number of aromatic nitrogens is 3. The molecule has 3 aromatic rings. The number of carbonyl (C=O) groups is 1. The Morgan fingerprint density at radius 3 is 2.76 bits per heavy atom. The van der Waals surface area contributed by atoms with Gasteiger partial charge in [0.1, 0.15) is 23.9 Å². The van der Waals surface area contributed by atoms with E-state index in [9.17, 15) is 4.79 Å². The molecule has 4 unspecified atom stereocenters. The molecule has 1 aromatic heterocycles. The predicted molar refractivity (Wildman–Crippen MR) is 141 cm³/mol. The SMILES string of the molecule is COc1ccccc1CNC(=O)CCCc1nnc2n1C1CCCCC1C1NC(c3ccccc3)NN21. The largest absolute Gasteiger partial charge is 0.496 e. The van der Waals surface area contributed by atoms with Gasteiger partial charge in [-0.25, -0.2) is 5.43 Å². The van der Waals surface area contributed by atoms with E-state index in [-0.39, 0.29) is 18.2 Å². The number of carbonyl (C=O) groups excluding carboxylic acids is 1.